The summed E-state index contributed by atoms with van der Waals surface area (Å²) in [5, 5.41) is 10.0. The number of nitrogens with two attached hydrogens (primary N) is 1. The van der Waals surface area contributed by atoms with Gasteiger partial charge in [0.15, 0.2) is 5.88 Å². The molecule has 0 saturated carbocycles. The highest BCUT2D eigenvalue weighted by atomic mass is 16.3. The van der Waals surface area contributed by atoms with Crippen LogP contribution in [0.25, 0.3) is 10.9 Å². The van der Waals surface area contributed by atoms with Crippen LogP contribution in [0.4, 0.5) is 5.69 Å². The van der Waals surface area contributed by atoms with Crippen molar-refractivity contribution in [1.29, 1.82) is 0 Å². The van der Waals surface area contributed by atoms with E-state index in [1.165, 1.54) is 0 Å². The van der Waals surface area contributed by atoms with Gasteiger partial charge in [-0.2, -0.15) is 0 Å². The first kappa shape index (κ1) is 6.09. The Labute approximate surface area is 63.5 Å². The van der Waals surface area contributed by atoms with Crippen molar-refractivity contribution in [3.63, 3.8) is 0 Å². The van der Waals surface area contributed by atoms with Gasteiger partial charge in [0.2, 0.25) is 0 Å². The van der Waals surface area contributed by atoms with Gasteiger partial charge in [0.1, 0.15) is 0 Å². The number of aromatic amines is 1. The lowest BCUT2D eigenvalue weighted by Crippen LogP contribution is -1.81. The number of benzene rings is 1. The Kier molecular flexibility index (Phi) is 1.06. The maximum atomic E-state index is 9.05. The van der Waals surface area contributed by atoms with Gasteiger partial charge in [0.05, 0.1) is 5.52 Å². The van der Waals surface area contributed by atoms with Gasteiger partial charge in [-0.05, 0) is 12.1 Å². The van der Waals surface area contributed by atoms with Crippen molar-refractivity contribution in [2.24, 2.45) is 0 Å². The van der Waals surface area contributed by atoms with E-state index in [4.69, 9.17) is 10.8 Å². The number of fused-ring (bicyclic) bond motifs is 1. The first-order valence-electron chi connectivity index (χ1n) is 3.33. The van der Waals surface area contributed by atoms with Gasteiger partial charge in [0, 0.05) is 17.1 Å². The van der Waals surface area contributed by atoms with Crippen molar-refractivity contribution in [3.8, 4) is 5.88 Å². The Morgan fingerprint density at radius 2 is 2.09 bits per heavy atom. The van der Waals surface area contributed by atoms with Gasteiger partial charge in [-0.25, -0.2) is 0 Å². The third kappa shape index (κ3) is 0.902. The van der Waals surface area contributed by atoms with Crippen LogP contribution in [0.5, 0.6) is 5.88 Å². The van der Waals surface area contributed by atoms with E-state index in [2.05, 4.69) is 4.98 Å². The number of nitrogen functional groups attached to an aromatic ring is 1. The fourth-order valence-electron chi connectivity index (χ4n) is 1.13. The highest BCUT2D eigenvalue weighted by molar-refractivity contribution is 5.84. The molecule has 0 amide bonds. The quantitative estimate of drug-likeness (QED) is 0.495. The smallest absolute Gasteiger partial charge is 0.189 e. The molecule has 2 rings (SSSR count). The molecule has 1 heterocycles. The molecule has 11 heavy (non-hydrogen) atoms. The molecule has 2 aromatic rings. The lowest BCUT2D eigenvalue weighted by molar-refractivity contribution is 0.458. The second-order valence-corrected chi connectivity index (χ2v) is 2.50. The van der Waals surface area contributed by atoms with E-state index in [1.807, 2.05) is 6.07 Å². The van der Waals surface area contributed by atoms with E-state index in [0.717, 1.165) is 10.9 Å². The molecule has 0 bridgehead atoms. The normalized spacial score (nSPS) is 10.5. The molecule has 0 aliphatic rings. The van der Waals surface area contributed by atoms with E-state index < -0.39 is 0 Å². The van der Waals surface area contributed by atoms with Crippen molar-refractivity contribution in [2.75, 3.05) is 5.73 Å². The molecular formula is C8H8N2O. The Hall–Kier alpha value is -1.64. The monoisotopic (exact) mass is 148 g/mol. The average molecular weight is 148 g/mol. The fourth-order valence-corrected chi connectivity index (χ4v) is 1.13. The summed E-state index contributed by atoms with van der Waals surface area (Å²) in [4.78, 5) is 2.77. The summed E-state index contributed by atoms with van der Waals surface area (Å²) in [5.41, 5.74) is 7.09. The van der Waals surface area contributed by atoms with Crippen LogP contribution < -0.4 is 5.73 Å². The number of H-pyrrole nitrogens is 1. The second-order valence-electron chi connectivity index (χ2n) is 2.50. The second kappa shape index (κ2) is 1.92. The van der Waals surface area contributed by atoms with Crippen molar-refractivity contribution >= 4 is 16.6 Å². The first-order valence-corrected chi connectivity index (χ1v) is 3.33. The summed E-state index contributed by atoms with van der Waals surface area (Å²) in [7, 11) is 0. The average Bonchev–Trinajstić information content (AvgIpc) is 2.27. The van der Waals surface area contributed by atoms with E-state index in [9.17, 15) is 0 Å². The number of aromatic nitrogens is 1. The Morgan fingerprint density at radius 3 is 2.91 bits per heavy atom. The number of rotatable bonds is 0. The maximum Gasteiger partial charge on any atom is 0.189 e. The number of hydrogen-bond donors (Lipinski definition) is 3. The number of anilines is 1. The zero-order valence-electron chi connectivity index (χ0n) is 5.83. The SMILES string of the molecule is Nc1ccc2cc(O)[nH]c2c1. The first-order chi connectivity index (χ1) is 5.25. The highest BCUT2D eigenvalue weighted by Crippen LogP contribution is 2.20. The van der Waals surface area contributed by atoms with Crippen molar-refractivity contribution in [1.82, 2.24) is 4.98 Å². The predicted molar refractivity (Wildman–Crippen MR) is 44.4 cm³/mol. The largest absolute Gasteiger partial charge is 0.495 e. The van der Waals surface area contributed by atoms with Crippen LogP contribution in [-0.2, 0) is 0 Å². The third-order valence-electron chi connectivity index (χ3n) is 1.63. The number of nitrogens with one attached hydrogen (secondary N) is 1. The van der Waals surface area contributed by atoms with E-state index in [1.54, 1.807) is 18.2 Å². The molecule has 0 radical (unpaired) electrons. The molecule has 0 saturated heterocycles. The van der Waals surface area contributed by atoms with Crippen molar-refractivity contribution in [2.45, 2.75) is 0 Å². The van der Waals surface area contributed by atoms with Gasteiger partial charge in [-0.3, -0.25) is 0 Å². The summed E-state index contributed by atoms with van der Waals surface area (Å²) < 4.78 is 0. The Bertz CT molecular complexity index is 392. The van der Waals surface area contributed by atoms with Crippen LogP contribution in [0, 0.1) is 0 Å². The van der Waals surface area contributed by atoms with Gasteiger partial charge in [-0.1, -0.05) is 6.07 Å². The zero-order chi connectivity index (χ0) is 7.84. The minimum atomic E-state index is 0.172. The summed E-state index contributed by atoms with van der Waals surface area (Å²) >= 11 is 0. The molecule has 4 N–H and O–H groups in total. The van der Waals surface area contributed by atoms with E-state index in [0.29, 0.717) is 5.69 Å². The maximum absolute atomic E-state index is 9.05. The standard InChI is InChI=1S/C8H8N2O/c9-6-2-1-5-3-8(11)10-7(5)4-6/h1-4,10-11H,9H2. The lowest BCUT2D eigenvalue weighted by Gasteiger charge is -1.90. The molecule has 1 aromatic carbocycles. The lowest BCUT2D eigenvalue weighted by atomic mass is 10.2. The molecule has 56 valence electrons. The summed E-state index contributed by atoms with van der Waals surface area (Å²) in [5.74, 6) is 0.172. The minimum Gasteiger partial charge on any atom is -0.495 e. The van der Waals surface area contributed by atoms with Crippen LogP contribution in [0.3, 0.4) is 0 Å². The Morgan fingerprint density at radius 1 is 1.27 bits per heavy atom. The van der Waals surface area contributed by atoms with Crippen molar-refractivity contribution in [3.05, 3.63) is 24.3 Å². The molecule has 0 aliphatic heterocycles. The molecule has 0 unspecified atom stereocenters. The van der Waals surface area contributed by atoms with Gasteiger partial charge in [-0.15, -0.1) is 0 Å². The molecule has 0 atom stereocenters. The van der Waals surface area contributed by atoms with Crippen LogP contribution in [-0.4, -0.2) is 10.1 Å². The van der Waals surface area contributed by atoms with Crippen LogP contribution in [0.1, 0.15) is 0 Å². The Balaban J connectivity index is 2.82. The molecule has 1 aromatic heterocycles. The van der Waals surface area contributed by atoms with Crippen LogP contribution >= 0.6 is 0 Å². The van der Waals surface area contributed by atoms with Crippen LogP contribution in [0.15, 0.2) is 24.3 Å². The van der Waals surface area contributed by atoms with Gasteiger partial charge >= 0.3 is 0 Å². The van der Waals surface area contributed by atoms with Gasteiger partial charge in [0.25, 0.3) is 0 Å². The molecule has 3 heteroatoms. The highest BCUT2D eigenvalue weighted by Gasteiger charge is 1.97. The molecule has 0 fully saturated rings. The van der Waals surface area contributed by atoms with Crippen LogP contribution in [0.2, 0.25) is 0 Å². The predicted octanol–water partition coefficient (Wildman–Crippen LogP) is 1.46. The summed E-state index contributed by atoms with van der Waals surface area (Å²) in [6.45, 7) is 0. The number of hydrogen-bond acceptors (Lipinski definition) is 2. The third-order valence-corrected chi connectivity index (χ3v) is 1.63. The van der Waals surface area contributed by atoms with E-state index >= 15 is 0 Å². The fraction of sp³-hybridized carbons (Fsp3) is 0. The van der Waals surface area contributed by atoms with E-state index in [-0.39, 0.29) is 5.88 Å². The minimum absolute atomic E-state index is 0.172. The summed E-state index contributed by atoms with van der Waals surface area (Å²) in [6.07, 6.45) is 0. The molecule has 0 spiro atoms. The molecule has 0 aliphatic carbocycles. The van der Waals surface area contributed by atoms with Crippen molar-refractivity contribution < 1.29 is 5.11 Å². The topological polar surface area (TPSA) is 62.0 Å². The summed E-state index contributed by atoms with van der Waals surface area (Å²) in [6, 6.07) is 7.11. The zero-order valence-corrected chi connectivity index (χ0v) is 5.83. The number of aromatic hydroxyl groups is 1. The molecular weight excluding hydrogens is 140 g/mol. The van der Waals surface area contributed by atoms with Gasteiger partial charge < -0.3 is 15.8 Å². The molecule has 3 nitrogen and oxygen atoms in total.